The summed E-state index contributed by atoms with van der Waals surface area (Å²) in [6.45, 7) is 13.6. The Labute approximate surface area is 341 Å². The summed E-state index contributed by atoms with van der Waals surface area (Å²) in [5.74, 6) is 13.3. The van der Waals surface area contributed by atoms with Gasteiger partial charge in [0.1, 0.15) is 0 Å². The van der Waals surface area contributed by atoms with Gasteiger partial charge in [-0.2, -0.15) is 10.2 Å². The molecular weight excluding hydrogens is 681 g/mol. The molecular formula is C52H68N4. The predicted octanol–water partition coefficient (Wildman–Crippen LogP) is 14.8. The molecule has 0 atom stereocenters. The van der Waals surface area contributed by atoms with E-state index < -0.39 is 0 Å². The molecule has 4 nitrogen and oxygen atoms in total. The fourth-order valence-corrected chi connectivity index (χ4v) is 6.80. The van der Waals surface area contributed by atoms with Gasteiger partial charge in [-0.05, 0) is 123 Å². The van der Waals surface area contributed by atoms with Crippen LogP contribution in [0.3, 0.4) is 0 Å². The van der Waals surface area contributed by atoms with E-state index >= 15 is 0 Å². The first kappa shape index (κ1) is 43.9. The molecule has 0 saturated heterocycles. The van der Waals surface area contributed by atoms with E-state index in [9.17, 15) is 0 Å². The molecule has 0 aliphatic rings. The van der Waals surface area contributed by atoms with Gasteiger partial charge in [-0.25, -0.2) is 0 Å². The first-order valence-electron chi connectivity index (χ1n) is 22.0. The molecule has 4 aromatic rings. The van der Waals surface area contributed by atoms with Gasteiger partial charge in [0.2, 0.25) is 0 Å². The van der Waals surface area contributed by atoms with Crippen LogP contribution in [0.2, 0.25) is 0 Å². The third-order valence-electron chi connectivity index (χ3n) is 10.3. The van der Waals surface area contributed by atoms with Crippen LogP contribution >= 0.6 is 0 Å². The van der Waals surface area contributed by atoms with Crippen molar-refractivity contribution in [3.05, 3.63) is 119 Å². The van der Waals surface area contributed by atoms with Gasteiger partial charge in [0.25, 0.3) is 0 Å². The maximum Gasteiger partial charge on any atom is 0.0857 e. The average molecular weight is 749 g/mol. The maximum absolute atomic E-state index is 4.46. The van der Waals surface area contributed by atoms with Crippen LogP contribution in [0.25, 0.3) is 0 Å². The molecule has 0 aliphatic carbocycles. The number of azo groups is 1. The summed E-state index contributed by atoms with van der Waals surface area (Å²) in [5.41, 5.74) is 8.20. The highest BCUT2D eigenvalue weighted by Crippen LogP contribution is 2.22. The minimum absolute atomic E-state index is 0.797. The van der Waals surface area contributed by atoms with Gasteiger partial charge in [0, 0.05) is 59.8 Å². The lowest BCUT2D eigenvalue weighted by atomic mass is 10.1. The number of unbranched alkanes of at least 4 members (excludes halogenated alkanes) is 12. The molecule has 0 aliphatic heterocycles. The molecule has 0 saturated carbocycles. The Morgan fingerprint density at radius 1 is 0.321 bits per heavy atom. The highest BCUT2D eigenvalue weighted by Gasteiger charge is 2.08. The smallest absolute Gasteiger partial charge is 0.0857 e. The molecule has 4 heteroatoms. The van der Waals surface area contributed by atoms with Crippen LogP contribution in [0.4, 0.5) is 22.7 Å². The molecule has 0 spiro atoms. The molecule has 0 amide bonds. The number of hydrogen-bond donors (Lipinski definition) is 0. The molecule has 0 unspecified atom stereocenters. The maximum atomic E-state index is 4.46. The topological polar surface area (TPSA) is 31.2 Å². The molecule has 296 valence electrons. The van der Waals surface area contributed by atoms with Gasteiger partial charge in [-0.3, -0.25) is 0 Å². The lowest BCUT2D eigenvalue weighted by Crippen LogP contribution is -2.25. The van der Waals surface area contributed by atoms with Crippen molar-refractivity contribution in [1.82, 2.24) is 0 Å². The zero-order valence-corrected chi connectivity index (χ0v) is 35.2. The Balaban J connectivity index is 1.28. The van der Waals surface area contributed by atoms with Crippen molar-refractivity contribution in [2.45, 2.75) is 130 Å². The molecule has 0 N–H and O–H groups in total. The van der Waals surface area contributed by atoms with Crippen LogP contribution in [0.15, 0.2) is 107 Å². The Hall–Kier alpha value is -4.80. The summed E-state index contributed by atoms with van der Waals surface area (Å²) in [6.07, 6.45) is 20.6. The Bertz CT molecular complexity index is 1620. The second-order valence-corrected chi connectivity index (χ2v) is 15.1. The second-order valence-electron chi connectivity index (χ2n) is 15.1. The van der Waals surface area contributed by atoms with Crippen molar-refractivity contribution in [3.8, 4) is 23.7 Å². The predicted molar refractivity (Wildman–Crippen MR) is 243 cm³/mol. The van der Waals surface area contributed by atoms with Crippen LogP contribution in [0.5, 0.6) is 0 Å². The summed E-state index contributed by atoms with van der Waals surface area (Å²) < 4.78 is 0. The number of anilines is 2. The van der Waals surface area contributed by atoms with E-state index in [0.29, 0.717) is 0 Å². The molecule has 0 radical (unpaired) electrons. The van der Waals surface area contributed by atoms with Crippen LogP contribution in [0.1, 0.15) is 153 Å². The first-order chi connectivity index (χ1) is 27.6. The molecule has 0 bridgehead atoms. The minimum Gasteiger partial charge on any atom is -0.372 e. The van der Waals surface area contributed by atoms with E-state index in [0.717, 1.165) is 59.8 Å². The number of nitrogens with zero attached hydrogens (tertiary/aromatic N) is 4. The lowest BCUT2D eigenvalue weighted by Gasteiger charge is -2.25. The Morgan fingerprint density at radius 3 is 0.821 bits per heavy atom. The fraction of sp³-hybridized carbons (Fsp3) is 0.462. The standard InChI is InChI=1S/C52H68N4/c1-5-9-13-17-41-55(42-18-14-10-6-2)51-37-29-47(30-38-51)23-21-45-25-33-49(34-26-45)53-54-50-35-27-46(28-36-50)22-24-48-31-39-52(40-32-48)56(43-19-15-11-7-3)44-20-16-12-8-4/h25-40H,5-20,41-44H2,1-4H3. The van der Waals surface area contributed by atoms with E-state index in [-0.39, 0.29) is 0 Å². The summed E-state index contributed by atoms with van der Waals surface area (Å²) in [7, 11) is 0. The van der Waals surface area contributed by atoms with Gasteiger partial charge in [-0.15, -0.1) is 0 Å². The zero-order valence-electron chi connectivity index (χ0n) is 35.2. The van der Waals surface area contributed by atoms with Crippen LogP contribution in [-0.2, 0) is 0 Å². The van der Waals surface area contributed by atoms with Gasteiger partial charge < -0.3 is 9.80 Å². The van der Waals surface area contributed by atoms with Crippen molar-refractivity contribution < 1.29 is 0 Å². The fourth-order valence-electron chi connectivity index (χ4n) is 6.80. The molecule has 4 aromatic carbocycles. The highest BCUT2D eigenvalue weighted by atomic mass is 15.1. The van der Waals surface area contributed by atoms with Crippen molar-refractivity contribution in [2.24, 2.45) is 10.2 Å². The van der Waals surface area contributed by atoms with Crippen molar-refractivity contribution in [1.29, 1.82) is 0 Å². The summed E-state index contributed by atoms with van der Waals surface area (Å²) in [5, 5.41) is 8.92. The normalized spacial score (nSPS) is 10.9. The van der Waals surface area contributed by atoms with E-state index in [1.165, 1.54) is 114 Å². The molecule has 4 rings (SSSR count). The van der Waals surface area contributed by atoms with Crippen LogP contribution in [0, 0.1) is 23.7 Å². The number of benzene rings is 4. The summed E-state index contributed by atoms with van der Waals surface area (Å²) >= 11 is 0. The number of hydrogen-bond acceptors (Lipinski definition) is 4. The Kier molecular flexibility index (Phi) is 21.1. The third-order valence-corrected chi connectivity index (χ3v) is 10.3. The van der Waals surface area contributed by atoms with E-state index in [1.807, 2.05) is 48.5 Å². The summed E-state index contributed by atoms with van der Waals surface area (Å²) in [4.78, 5) is 5.13. The molecule has 0 fully saturated rings. The van der Waals surface area contributed by atoms with Crippen molar-refractivity contribution >= 4 is 22.7 Å². The monoisotopic (exact) mass is 749 g/mol. The SMILES string of the molecule is CCCCCCN(CCCCCC)c1ccc(C#Cc2ccc(N=Nc3ccc(C#Cc4ccc(N(CCCCCC)CCCCCC)cc4)cc3)cc2)cc1. The van der Waals surface area contributed by atoms with Gasteiger partial charge in [0.05, 0.1) is 11.4 Å². The van der Waals surface area contributed by atoms with E-state index in [4.69, 9.17) is 0 Å². The minimum atomic E-state index is 0.797. The van der Waals surface area contributed by atoms with Gasteiger partial charge in [-0.1, -0.05) is 128 Å². The molecule has 0 heterocycles. The first-order valence-corrected chi connectivity index (χ1v) is 22.0. The third kappa shape index (κ3) is 16.9. The molecule has 0 aromatic heterocycles. The Morgan fingerprint density at radius 2 is 0.571 bits per heavy atom. The quantitative estimate of drug-likeness (QED) is 0.0406. The van der Waals surface area contributed by atoms with Gasteiger partial charge in [0.15, 0.2) is 0 Å². The van der Waals surface area contributed by atoms with Crippen molar-refractivity contribution in [3.63, 3.8) is 0 Å². The average Bonchev–Trinajstić information content (AvgIpc) is 3.24. The number of rotatable bonds is 24. The highest BCUT2D eigenvalue weighted by molar-refractivity contribution is 5.54. The van der Waals surface area contributed by atoms with Crippen LogP contribution in [-0.4, -0.2) is 26.2 Å². The second kappa shape index (κ2) is 26.9. The lowest BCUT2D eigenvalue weighted by molar-refractivity contribution is 0.609. The molecule has 56 heavy (non-hydrogen) atoms. The van der Waals surface area contributed by atoms with Gasteiger partial charge >= 0.3 is 0 Å². The van der Waals surface area contributed by atoms with Crippen molar-refractivity contribution in [2.75, 3.05) is 36.0 Å². The summed E-state index contributed by atoms with van der Waals surface area (Å²) in [6, 6.07) is 33.5. The van der Waals surface area contributed by atoms with E-state index in [2.05, 4.69) is 120 Å². The van der Waals surface area contributed by atoms with Crippen LogP contribution < -0.4 is 9.80 Å². The zero-order chi connectivity index (χ0) is 39.5. The largest absolute Gasteiger partial charge is 0.372 e. The van der Waals surface area contributed by atoms with E-state index in [1.54, 1.807) is 0 Å².